The molecule has 0 saturated carbocycles. The normalized spacial score (nSPS) is 21.7. The molecule has 4 nitrogen and oxygen atoms in total. The zero-order valence-corrected chi connectivity index (χ0v) is 19.9. The van der Waals surface area contributed by atoms with E-state index in [0.29, 0.717) is 15.8 Å². The van der Waals surface area contributed by atoms with E-state index in [1.165, 1.54) is 16.2 Å². The van der Waals surface area contributed by atoms with Crippen LogP contribution in [0.3, 0.4) is 0 Å². The first-order valence-electron chi connectivity index (χ1n) is 10.6. The van der Waals surface area contributed by atoms with E-state index in [0.717, 1.165) is 35.9 Å². The Morgan fingerprint density at radius 1 is 1.19 bits per heavy atom. The molecule has 2 aliphatic heterocycles. The van der Waals surface area contributed by atoms with Crippen LogP contribution in [0.2, 0.25) is 5.02 Å². The number of thioether (sulfide) groups is 1. The maximum Gasteiger partial charge on any atom is 0.293 e. The summed E-state index contributed by atoms with van der Waals surface area (Å²) < 4.78 is 0. The predicted molar refractivity (Wildman–Crippen MR) is 130 cm³/mol. The topological polar surface area (TPSA) is 40.6 Å². The van der Waals surface area contributed by atoms with Gasteiger partial charge in [0.15, 0.2) is 0 Å². The van der Waals surface area contributed by atoms with Crippen molar-refractivity contribution in [2.45, 2.75) is 52.1 Å². The first kappa shape index (κ1) is 22.0. The summed E-state index contributed by atoms with van der Waals surface area (Å²) in [5, 5.41) is 0.291. The summed E-state index contributed by atoms with van der Waals surface area (Å²) in [5.41, 5.74) is 4.38. The number of hydrogen-bond donors (Lipinski definition) is 0. The molecule has 0 unspecified atom stereocenters. The minimum atomic E-state index is -0.267. The van der Waals surface area contributed by atoms with Gasteiger partial charge in [-0.1, -0.05) is 42.8 Å². The van der Waals surface area contributed by atoms with Gasteiger partial charge in [0.1, 0.15) is 0 Å². The molecule has 0 spiro atoms. The lowest BCUT2D eigenvalue weighted by atomic mass is 9.79. The minimum absolute atomic E-state index is 0.115. The Hall–Kier alpha value is -2.24. The highest BCUT2D eigenvalue weighted by Gasteiger charge is 2.37. The Kier molecular flexibility index (Phi) is 5.93. The van der Waals surface area contributed by atoms with Gasteiger partial charge in [0.05, 0.1) is 11.4 Å². The van der Waals surface area contributed by atoms with Crippen LogP contribution in [0, 0.1) is 0 Å². The number of benzene rings is 2. The fraction of sp³-hybridized carbons (Fsp3) is 0.360. The van der Waals surface area contributed by atoms with Crippen LogP contribution in [-0.4, -0.2) is 28.1 Å². The molecule has 0 aliphatic carbocycles. The highest BCUT2D eigenvalue weighted by Crippen LogP contribution is 2.44. The number of amides is 2. The van der Waals surface area contributed by atoms with E-state index in [-0.39, 0.29) is 23.2 Å². The molecule has 2 aromatic carbocycles. The van der Waals surface area contributed by atoms with Gasteiger partial charge in [0, 0.05) is 22.8 Å². The van der Waals surface area contributed by atoms with Crippen molar-refractivity contribution in [1.82, 2.24) is 4.90 Å². The van der Waals surface area contributed by atoms with E-state index in [1.807, 2.05) is 30.3 Å². The molecule has 162 valence electrons. The van der Waals surface area contributed by atoms with Crippen molar-refractivity contribution in [3.8, 4) is 0 Å². The van der Waals surface area contributed by atoms with Crippen LogP contribution in [-0.2, 0) is 11.3 Å². The summed E-state index contributed by atoms with van der Waals surface area (Å²) in [6.07, 6.45) is 2.91. The quantitative estimate of drug-likeness (QED) is 0.482. The van der Waals surface area contributed by atoms with Gasteiger partial charge in [-0.3, -0.25) is 14.5 Å². The Labute approximate surface area is 193 Å². The molecular weight excluding hydrogens is 428 g/mol. The summed E-state index contributed by atoms with van der Waals surface area (Å²) in [4.78, 5) is 29.6. The summed E-state index contributed by atoms with van der Waals surface area (Å²) >= 11 is 7.20. The zero-order valence-electron chi connectivity index (χ0n) is 18.3. The lowest BCUT2D eigenvalue weighted by Crippen LogP contribution is -2.48. The predicted octanol–water partition coefficient (Wildman–Crippen LogP) is 6.69. The molecule has 6 heteroatoms. The van der Waals surface area contributed by atoms with Crippen LogP contribution in [0.15, 0.2) is 47.4 Å². The van der Waals surface area contributed by atoms with Crippen molar-refractivity contribution in [2.75, 3.05) is 11.4 Å². The lowest BCUT2D eigenvalue weighted by molar-refractivity contribution is -0.123. The fourth-order valence-corrected chi connectivity index (χ4v) is 5.82. The van der Waals surface area contributed by atoms with Gasteiger partial charge in [0.25, 0.3) is 11.1 Å². The lowest BCUT2D eigenvalue weighted by Gasteiger charge is -2.47. The molecule has 1 atom stereocenters. The molecular formula is C25H27ClN2O2S. The van der Waals surface area contributed by atoms with E-state index in [1.54, 1.807) is 6.07 Å². The van der Waals surface area contributed by atoms with E-state index in [9.17, 15) is 9.59 Å². The van der Waals surface area contributed by atoms with Gasteiger partial charge in [0.2, 0.25) is 0 Å². The van der Waals surface area contributed by atoms with Crippen LogP contribution in [0.1, 0.15) is 56.7 Å². The van der Waals surface area contributed by atoms with Crippen LogP contribution < -0.4 is 4.90 Å². The van der Waals surface area contributed by atoms with E-state index in [2.05, 4.69) is 44.7 Å². The molecule has 0 radical (unpaired) electrons. The molecule has 4 rings (SSSR count). The number of rotatable bonds is 4. The van der Waals surface area contributed by atoms with Gasteiger partial charge >= 0.3 is 0 Å². The standard InChI is InChI=1S/C25H27ClN2O2S/c1-5-28-21-11-10-17(12-19(21)16(2)14-25(28,3)4)13-22-23(29)27(24(30)31-22)15-18-8-6-7-9-20(18)26/h6-13,16H,5,14-15H2,1-4H3/b22-13-/t16-/m1/s1. The van der Waals surface area contributed by atoms with Gasteiger partial charge in [-0.2, -0.15) is 0 Å². The van der Waals surface area contributed by atoms with E-state index < -0.39 is 0 Å². The minimum Gasteiger partial charge on any atom is -0.366 e. The van der Waals surface area contributed by atoms with Crippen LogP contribution in [0.5, 0.6) is 0 Å². The molecule has 2 aliphatic rings. The molecule has 0 aromatic heterocycles. The number of fused-ring (bicyclic) bond motifs is 1. The second-order valence-corrected chi connectivity index (χ2v) is 10.2. The number of nitrogens with zero attached hydrogens (tertiary/aromatic N) is 2. The van der Waals surface area contributed by atoms with Crippen molar-refractivity contribution in [2.24, 2.45) is 0 Å². The first-order chi connectivity index (χ1) is 14.7. The van der Waals surface area contributed by atoms with Crippen molar-refractivity contribution in [3.05, 3.63) is 69.1 Å². The molecule has 0 N–H and O–H groups in total. The second-order valence-electron chi connectivity index (χ2n) is 8.84. The molecule has 2 heterocycles. The number of carbonyl (C=O) groups is 2. The Morgan fingerprint density at radius 3 is 2.65 bits per heavy atom. The average Bonchev–Trinajstić information content (AvgIpc) is 2.97. The summed E-state index contributed by atoms with van der Waals surface area (Å²) in [5.74, 6) is 0.161. The third-order valence-corrected chi connectivity index (χ3v) is 7.46. The summed E-state index contributed by atoms with van der Waals surface area (Å²) in [6, 6.07) is 13.6. The van der Waals surface area contributed by atoms with E-state index >= 15 is 0 Å². The van der Waals surface area contributed by atoms with Gasteiger partial charge in [-0.15, -0.1) is 0 Å². The zero-order chi connectivity index (χ0) is 22.3. The Bertz CT molecular complexity index is 1080. The van der Waals surface area contributed by atoms with Crippen molar-refractivity contribution in [1.29, 1.82) is 0 Å². The number of imide groups is 1. The van der Waals surface area contributed by atoms with Gasteiger partial charge < -0.3 is 4.90 Å². The maximum atomic E-state index is 12.9. The molecule has 2 aromatic rings. The fourth-order valence-electron chi connectivity index (χ4n) is 4.78. The van der Waals surface area contributed by atoms with Gasteiger partial charge in [-0.05, 0) is 85.8 Å². The highest BCUT2D eigenvalue weighted by molar-refractivity contribution is 8.18. The summed E-state index contributed by atoms with van der Waals surface area (Å²) in [6.45, 7) is 10.2. The largest absolute Gasteiger partial charge is 0.366 e. The van der Waals surface area contributed by atoms with Crippen LogP contribution in [0.25, 0.3) is 6.08 Å². The maximum absolute atomic E-state index is 12.9. The van der Waals surface area contributed by atoms with Crippen LogP contribution >= 0.6 is 23.4 Å². The number of hydrogen-bond acceptors (Lipinski definition) is 4. The molecule has 0 bridgehead atoms. The second kappa shape index (κ2) is 8.36. The number of anilines is 1. The third kappa shape index (κ3) is 4.13. The van der Waals surface area contributed by atoms with Crippen LogP contribution in [0.4, 0.5) is 10.5 Å². The summed E-state index contributed by atoms with van der Waals surface area (Å²) in [7, 11) is 0. The van der Waals surface area contributed by atoms with Crippen molar-refractivity contribution < 1.29 is 9.59 Å². The highest BCUT2D eigenvalue weighted by atomic mass is 35.5. The molecule has 1 fully saturated rings. The SMILES string of the molecule is CCN1c2ccc(/C=C3\SC(=O)N(Cc4ccccc4Cl)C3=O)cc2[C@H](C)CC1(C)C. The third-order valence-electron chi connectivity index (χ3n) is 6.18. The van der Waals surface area contributed by atoms with Crippen molar-refractivity contribution in [3.63, 3.8) is 0 Å². The Balaban J connectivity index is 1.61. The monoisotopic (exact) mass is 454 g/mol. The molecule has 2 amide bonds. The van der Waals surface area contributed by atoms with E-state index in [4.69, 9.17) is 11.6 Å². The van der Waals surface area contributed by atoms with Crippen molar-refractivity contribution >= 4 is 46.3 Å². The van der Waals surface area contributed by atoms with Gasteiger partial charge in [-0.25, -0.2) is 0 Å². The smallest absolute Gasteiger partial charge is 0.293 e. The average molecular weight is 455 g/mol. The molecule has 31 heavy (non-hydrogen) atoms. The Morgan fingerprint density at radius 2 is 1.94 bits per heavy atom. The molecule has 1 saturated heterocycles. The number of halogens is 1. The first-order valence-corrected chi connectivity index (χ1v) is 11.8. The number of carbonyl (C=O) groups excluding carboxylic acids is 2.